The summed E-state index contributed by atoms with van der Waals surface area (Å²) < 4.78 is 18.6. The van der Waals surface area contributed by atoms with Crippen LogP contribution >= 0.6 is 0 Å². The van der Waals surface area contributed by atoms with E-state index in [-0.39, 0.29) is 17.3 Å². The van der Waals surface area contributed by atoms with Crippen LogP contribution in [0.2, 0.25) is 0 Å². The fourth-order valence-corrected chi connectivity index (χ4v) is 3.79. The molecule has 3 nitrogen and oxygen atoms in total. The van der Waals surface area contributed by atoms with Crippen molar-refractivity contribution in [2.75, 3.05) is 26.8 Å². The zero-order valence-electron chi connectivity index (χ0n) is 15.1. The van der Waals surface area contributed by atoms with Crippen molar-refractivity contribution in [1.82, 2.24) is 4.90 Å². The van der Waals surface area contributed by atoms with E-state index in [1.165, 1.54) is 12.1 Å². The fourth-order valence-electron chi connectivity index (χ4n) is 3.79. The minimum absolute atomic E-state index is 0.195. The largest absolute Gasteiger partial charge is 0.381 e. The summed E-state index contributed by atoms with van der Waals surface area (Å²) in [4.78, 5) is 2.34. The molecule has 24 heavy (non-hydrogen) atoms. The van der Waals surface area contributed by atoms with E-state index in [1.807, 2.05) is 12.1 Å². The highest BCUT2D eigenvalue weighted by molar-refractivity contribution is 5.20. The average molecular weight is 332 g/mol. The van der Waals surface area contributed by atoms with Crippen LogP contribution in [0.5, 0.6) is 0 Å². The first-order chi connectivity index (χ1) is 11.5. The summed E-state index contributed by atoms with van der Waals surface area (Å²) in [5.41, 5.74) is 0.942. The number of rotatable bonds is 7. The Bertz CT molecular complexity index is 544. The molecule has 1 heterocycles. The van der Waals surface area contributed by atoms with Crippen molar-refractivity contribution in [2.24, 2.45) is 11.3 Å². The van der Waals surface area contributed by atoms with Crippen molar-refractivity contribution >= 4 is 0 Å². The van der Waals surface area contributed by atoms with Gasteiger partial charge in [0.05, 0.1) is 11.5 Å². The zero-order chi connectivity index (χ0) is 17.6. The highest BCUT2D eigenvalue weighted by atomic mass is 19.1. The quantitative estimate of drug-likeness (QED) is 0.734. The van der Waals surface area contributed by atoms with E-state index in [9.17, 15) is 9.65 Å². The van der Waals surface area contributed by atoms with Gasteiger partial charge in [0.25, 0.3) is 0 Å². The molecule has 1 fully saturated rings. The Hall–Kier alpha value is -1.44. The van der Waals surface area contributed by atoms with E-state index < -0.39 is 0 Å². The van der Waals surface area contributed by atoms with Crippen LogP contribution in [0.3, 0.4) is 0 Å². The molecule has 0 spiro atoms. The van der Waals surface area contributed by atoms with Gasteiger partial charge in [0.2, 0.25) is 0 Å². The second kappa shape index (κ2) is 8.60. The maximum absolute atomic E-state index is 13.2. The van der Waals surface area contributed by atoms with Crippen molar-refractivity contribution in [2.45, 2.75) is 45.6 Å². The molecule has 0 radical (unpaired) electrons. The number of hydrogen-bond donors (Lipinski definition) is 0. The Labute approximate surface area is 145 Å². The predicted molar refractivity (Wildman–Crippen MR) is 93.9 cm³/mol. The molecule has 0 N–H and O–H groups in total. The fraction of sp³-hybridized carbons (Fsp3) is 0.650. The first-order valence-electron chi connectivity index (χ1n) is 8.92. The highest BCUT2D eigenvalue weighted by Gasteiger charge is 2.32. The molecule has 0 aromatic heterocycles. The SMILES string of the molecule is CC(C)[C@@H](c1ccc(F)cc1)N(C)CCCC1(C#N)CCOCC1. The van der Waals surface area contributed by atoms with Gasteiger partial charge in [0.15, 0.2) is 0 Å². The molecule has 2 rings (SSSR count). The van der Waals surface area contributed by atoms with Crippen LogP contribution in [-0.4, -0.2) is 31.7 Å². The van der Waals surface area contributed by atoms with Gasteiger partial charge in [-0.2, -0.15) is 5.26 Å². The monoisotopic (exact) mass is 332 g/mol. The van der Waals surface area contributed by atoms with Crippen molar-refractivity contribution in [3.8, 4) is 6.07 Å². The number of hydrogen-bond acceptors (Lipinski definition) is 3. The normalized spacial score (nSPS) is 18.5. The molecule has 0 unspecified atom stereocenters. The third-order valence-corrected chi connectivity index (χ3v) is 5.17. The van der Waals surface area contributed by atoms with Gasteiger partial charge in [-0.1, -0.05) is 26.0 Å². The van der Waals surface area contributed by atoms with E-state index in [4.69, 9.17) is 4.74 Å². The van der Waals surface area contributed by atoms with E-state index in [2.05, 4.69) is 31.9 Å². The first kappa shape index (κ1) is 18.9. The summed E-state index contributed by atoms with van der Waals surface area (Å²) in [5.74, 6) is 0.243. The maximum atomic E-state index is 13.2. The van der Waals surface area contributed by atoms with Gasteiger partial charge in [-0.3, -0.25) is 4.90 Å². The molecule has 1 aromatic carbocycles. The number of benzene rings is 1. The minimum atomic E-state index is -0.206. The van der Waals surface area contributed by atoms with Crippen molar-refractivity contribution in [1.29, 1.82) is 5.26 Å². The molecule has 1 aliphatic heterocycles. The summed E-state index contributed by atoms with van der Waals surface area (Å²) >= 11 is 0. The molecular weight excluding hydrogens is 303 g/mol. The van der Waals surface area contributed by atoms with Crippen LogP contribution in [0, 0.1) is 28.5 Å². The lowest BCUT2D eigenvalue weighted by Gasteiger charge is -2.34. The molecule has 0 amide bonds. The Kier molecular flexibility index (Phi) is 6.77. The van der Waals surface area contributed by atoms with Crippen molar-refractivity contribution in [3.63, 3.8) is 0 Å². The third kappa shape index (κ3) is 4.78. The molecule has 4 heteroatoms. The summed E-state index contributed by atoms with van der Waals surface area (Å²) in [6.07, 6.45) is 3.61. The summed E-state index contributed by atoms with van der Waals surface area (Å²) in [5, 5.41) is 9.55. The molecule has 0 aliphatic carbocycles. The number of halogens is 1. The molecule has 1 atom stereocenters. The van der Waals surface area contributed by atoms with Gasteiger partial charge < -0.3 is 4.74 Å². The standard InChI is InChI=1S/C20H29FN2O/c1-16(2)19(17-5-7-18(21)8-6-17)23(3)12-4-9-20(15-22)10-13-24-14-11-20/h5-8,16,19H,4,9-14H2,1-3H3/t19-/m0/s1. The topological polar surface area (TPSA) is 36.3 Å². The van der Waals surface area contributed by atoms with Gasteiger partial charge in [-0.05, 0) is 62.9 Å². The molecule has 1 aliphatic rings. The Balaban J connectivity index is 1.94. The van der Waals surface area contributed by atoms with E-state index >= 15 is 0 Å². The van der Waals surface area contributed by atoms with Crippen molar-refractivity contribution < 1.29 is 9.13 Å². The van der Waals surface area contributed by atoms with Gasteiger partial charge in [0, 0.05) is 19.3 Å². The van der Waals surface area contributed by atoms with Gasteiger partial charge in [-0.15, -0.1) is 0 Å². The summed E-state index contributed by atoms with van der Waals surface area (Å²) in [6.45, 7) is 6.73. The van der Waals surface area contributed by atoms with E-state index in [0.717, 1.165) is 37.8 Å². The van der Waals surface area contributed by atoms with Crippen LogP contribution in [0.25, 0.3) is 0 Å². The second-order valence-corrected chi connectivity index (χ2v) is 7.33. The molecule has 0 saturated carbocycles. The van der Waals surface area contributed by atoms with Crippen LogP contribution in [-0.2, 0) is 4.74 Å². The molecular formula is C20H29FN2O. The average Bonchev–Trinajstić information content (AvgIpc) is 2.57. The summed E-state index contributed by atoms with van der Waals surface area (Å²) in [6, 6.07) is 9.63. The first-order valence-corrected chi connectivity index (χ1v) is 8.92. The van der Waals surface area contributed by atoms with Crippen LogP contribution in [0.4, 0.5) is 4.39 Å². The van der Waals surface area contributed by atoms with Crippen molar-refractivity contribution in [3.05, 3.63) is 35.6 Å². The Morgan fingerprint density at radius 1 is 1.25 bits per heavy atom. The van der Waals surface area contributed by atoms with Gasteiger partial charge in [0.1, 0.15) is 5.82 Å². The second-order valence-electron chi connectivity index (χ2n) is 7.33. The number of nitrogens with zero attached hydrogens (tertiary/aromatic N) is 2. The third-order valence-electron chi connectivity index (χ3n) is 5.17. The zero-order valence-corrected chi connectivity index (χ0v) is 15.1. The lowest BCUT2D eigenvalue weighted by Crippen LogP contribution is -2.32. The van der Waals surface area contributed by atoms with E-state index in [0.29, 0.717) is 19.1 Å². The number of ether oxygens (including phenoxy) is 1. The molecule has 1 aromatic rings. The predicted octanol–water partition coefficient (Wildman–Crippen LogP) is 4.56. The van der Waals surface area contributed by atoms with Crippen LogP contribution in [0.1, 0.15) is 51.1 Å². The molecule has 1 saturated heterocycles. The maximum Gasteiger partial charge on any atom is 0.123 e. The van der Waals surface area contributed by atoms with Gasteiger partial charge in [-0.25, -0.2) is 4.39 Å². The Morgan fingerprint density at radius 2 is 1.88 bits per heavy atom. The minimum Gasteiger partial charge on any atom is -0.381 e. The molecule has 0 bridgehead atoms. The van der Waals surface area contributed by atoms with E-state index in [1.54, 1.807) is 0 Å². The van der Waals surface area contributed by atoms with Crippen LogP contribution in [0.15, 0.2) is 24.3 Å². The summed E-state index contributed by atoms with van der Waals surface area (Å²) in [7, 11) is 2.12. The molecule has 132 valence electrons. The smallest absolute Gasteiger partial charge is 0.123 e. The van der Waals surface area contributed by atoms with Crippen LogP contribution < -0.4 is 0 Å². The van der Waals surface area contributed by atoms with Gasteiger partial charge >= 0.3 is 0 Å². The Morgan fingerprint density at radius 3 is 2.42 bits per heavy atom. The lowest BCUT2D eigenvalue weighted by atomic mass is 9.78. The lowest BCUT2D eigenvalue weighted by molar-refractivity contribution is 0.0344. The number of nitriles is 1. The highest BCUT2D eigenvalue weighted by Crippen LogP contribution is 2.35.